The van der Waals surface area contributed by atoms with Gasteiger partial charge < -0.3 is 9.31 Å². The molecular weight excluding hydrogens is 382 g/mol. The Labute approximate surface area is 172 Å². The Hall–Kier alpha value is -0.545. The summed E-state index contributed by atoms with van der Waals surface area (Å²) in [5.41, 5.74) is 2.55. The molecule has 3 nitrogen and oxygen atoms in total. The molecule has 4 fully saturated rings. The molecule has 3 unspecified atom stereocenters. The van der Waals surface area contributed by atoms with Crippen LogP contribution in [0.5, 0.6) is 0 Å². The van der Waals surface area contributed by atoms with E-state index in [1.54, 1.807) is 13.0 Å². The Morgan fingerprint density at radius 1 is 1.33 bits per heavy atom. The Morgan fingerprint density at radius 3 is 2.67 bits per heavy atom. The number of halogens is 2. The third-order valence-corrected chi connectivity index (χ3v) is 8.23. The van der Waals surface area contributed by atoms with Crippen molar-refractivity contribution >= 4 is 36.1 Å². The number of carbonyl (C=O) groups is 1. The lowest BCUT2D eigenvalue weighted by molar-refractivity contribution is -0.199. The van der Waals surface area contributed by atoms with Gasteiger partial charge in [0.25, 0.3) is 0 Å². The van der Waals surface area contributed by atoms with Gasteiger partial charge in [-0.05, 0) is 74.5 Å². The van der Waals surface area contributed by atoms with Crippen molar-refractivity contribution in [2.75, 3.05) is 0 Å². The fraction of sp³-hybridized carbons (Fsp3) is 0.667. The topological polar surface area (TPSA) is 35.5 Å². The van der Waals surface area contributed by atoms with Crippen LogP contribution in [0.3, 0.4) is 0 Å². The van der Waals surface area contributed by atoms with E-state index in [4.69, 9.17) is 32.5 Å². The zero-order valence-corrected chi connectivity index (χ0v) is 18.2. The number of hydrogen-bond acceptors (Lipinski definition) is 3. The molecule has 0 radical (unpaired) electrons. The van der Waals surface area contributed by atoms with Gasteiger partial charge in [-0.3, -0.25) is 4.79 Å². The van der Waals surface area contributed by atoms with Crippen LogP contribution in [0.1, 0.15) is 62.0 Å². The van der Waals surface area contributed by atoms with E-state index in [-0.39, 0.29) is 22.8 Å². The molecule has 0 amide bonds. The van der Waals surface area contributed by atoms with E-state index in [2.05, 4.69) is 20.8 Å². The first kappa shape index (κ1) is 19.8. The minimum atomic E-state index is -0.423. The molecule has 6 heteroatoms. The highest BCUT2D eigenvalue weighted by atomic mass is 35.5. The number of ketones is 1. The molecule has 1 heterocycles. The summed E-state index contributed by atoms with van der Waals surface area (Å²) in [5.74, 6) is 1.21. The van der Waals surface area contributed by atoms with Crippen LogP contribution in [0.15, 0.2) is 12.1 Å². The van der Waals surface area contributed by atoms with Crippen molar-refractivity contribution in [2.45, 2.75) is 70.9 Å². The fourth-order valence-corrected chi connectivity index (χ4v) is 6.35. The molecule has 1 saturated heterocycles. The molecule has 1 aromatic rings. The second-order valence-corrected chi connectivity index (χ2v) is 10.3. The number of carbonyl (C=O) groups excluding carboxylic acids is 1. The van der Waals surface area contributed by atoms with E-state index >= 15 is 0 Å². The first-order valence-electron chi connectivity index (χ1n) is 9.82. The maximum absolute atomic E-state index is 11.9. The smallest absolute Gasteiger partial charge is 0.404 e. The van der Waals surface area contributed by atoms with Gasteiger partial charge in [-0.1, -0.05) is 31.5 Å². The van der Waals surface area contributed by atoms with Gasteiger partial charge in [-0.15, -0.1) is 11.6 Å². The third kappa shape index (κ3) is 2.90. The molecule has 3 aliphatic carbocycles. The molecule has 1 aliphatic heterocycles. The lowest BCUT2D eigenvalue weighted by Gasteiger charge is -2.64. The van der Waals surface area contributed by atoms with E-state index in [1.807, 2.05) is 13.0 Å². The Balaban J connectivity index is 1.52. The van der Waals surface area contributed by atoms with Crippen LogP contribution in [-0.2, 0) is 15.7 Å². The zero-order valence-electron chi connectivity index (χ0n) is 16.6. The summed E-state index contributed by atoms with van der Waals surface area (Å²) in [6.07, 6.45) is 2.98. The summed E-state index contributed by atoms with van der Waals surface area (Å²) >= 11 is 13.0. The van der Waals surface area contributed by atoms with Crippen molar-refractivity contribution in [1.82, 2.24) is 0 Å². The molecule has 3 saturated carbocycles. The summed E-state index contributed by atoms with van der Waals surface area (Å²) < 4.78 is 12.8. The fourth-order valence-electron chi connectivity index (χ4n) is 5.73. The number of hydrogen-bond donors (Lipinski definition) is 0. The molecule has 0 aromatic heterocycles. The summed E-state index contributed by atoms with van der Waals surface area (Å²) in [4.78, 5) is 11.9. The second-order valence-electron chi connectivity index (χ2n) is 9.32. The van der Waals surface area contributed by atoms with Gasteiger partial charge in [0.05, 0.1) is 22.0 Å². The lowest BCUT2D eigenvalue weighted by atomic mass is 9.43. The number of Topliss-reactive ketones (excluding diaryl/α,β-unsaturated/α-hetero) is 1. The Kier molecular flexibility index (Phi) is 4.74. The third-order valence-electron chi connectivity index (χ3n) is 7.56. The highest BCUT2D eigenvalue weighted by Gasteiger charge is 2.68. The monoisotopic (exact) mass is 408 g/mol. The molecule has 0 N–H and O–H groups in total. The molecular formula is C21H27BCl2O3. The van der Waals surface area contributed by atoms with Crippen molar-refractivity contribution < 1.29 is 14.1 Å². The van der Waals surface area contributed by atoms with E-state index < -0.39 is 7.12 Å². The average Bonchev–Trinajstić information content (AvgIpc) is 2.94. The maximum Gasteiger partial charge on any atom is 0.477 e. The van der Waals surface area contributed by atoms with E-state index in [0.717, 1.165) is 17.5 Å². The first-order valence-corrected chi connectivity index (χ1v) is 10.6. The quantitative estimate of drug-likeness (QED) is 0.386. The van der Waals surface area contributed by atoms with Gasteiger partial charge in [0.15, 0.2) is 5.78 Å². The van der Waals surface area contributed by atoms with E-state index in [0.29, 0.717) is 34.3 Å². The summed E-state index contributed by atoms with van der Waals surface area (Å²) in [7, 11) is -0.423. The van der Waals surface area contributed by atoms with Crippen LogP contribution in [0.2, 0.25) is 5.02 Å². The van der Waals surface area contributed by atoms with Crippen molar-refractivity contribution in [3.63, 3.8) is 0 Å². The second kappa shape index (κ2) is 6.48. The average molecular weight is 409 g/mol. The van der Waals surface area contributed by atoms with Gasteiger partial charge in [0.2, 0.25) is 0 Å². The summed E-state index contributed by atoms with van der Waals surface area (Å²) in [5, 5.41) is 0.177. The number of alkyl halides is 1. The predicted octanol–water partition coefficient (Wildman–Crippen LogP) is 5.27. The molecule has 2 bridgehead atoms. The van der Waals surface area contributed by atoms with Crippen LogP contribution in [0.25, 0.3) is 0 Å². The number of rotatable bonds is 4. The molecule has 5 atom stereocenters. The number of benzene rings is 1. The standard InChI is InChI=1S/C21H27BCl2O3/c1-11-13(6-7-15(23)19(11)12(2)25)8-18(24)22-26-17-10-14-9-16(20(14,3)4)21(17,5)27-22/h6-7,14,16-18H,8-10H2,1-5H3/t14?,16?,17?,18-,21+/m1/s1. The van der Waals surface area contributed by atoms with Gasteiger partial charge >= 0.3 is 7.12 Å². The Morgan fingerprint density at radius 2 is 2.04 bits per heavy atom. The minimum Gasteiger partial charge on any atom is -0.404 e. The molecule has 1 aromatic carbocycles. The van der Waals surface area contributed by atoms with Crippen molar-refractivity contribution in [3.05, 3.63) is 33.8 Å². The highest BCUT2D eigenvalue weighted by molar-refractivity contribution is 6.60. The summed E-state index contributed by atoms with van der Waals surface area (Å²) in [6.45, 7) is 10.4. The highest BCUT2D eigenvalue weighted by Crippen LogP contribution is 2.65. The Bertz CT molecular complexity index is 796. The first-order chi connectivity index (χ1) is 12.6. The molecule has 146 valence electrons. The van der Waals surface area contributed by atoms with Crippen LogP contribution < -0.4 is 0 Å². The minimum absolute atomic E-state index is 0.0284. The zero-order chi connectivity index (χ0) is 19.7. The van der Waals surface area contributed by atoms with Crippen molar-refractivity contribution in [3.8, 4) is 0 Å². The molecule has 4 aliphatic rings. The maximum atomic E-state index is 11.9. The van der Waals surface area contributed by atoms with Crippen LogP contribution in [0, 0.1) is 24.2 Å². The van der Waals surface area contributed by atoms with Crippen molar-refractivity contribution in [2.24, 2.45) is 17.3 Å². The normalized spacial score (nSPS) is 34.8. The largest absolute Gasteiger partial charge is 0.477 e. The van der Waals surface area contributed by atoms with Crippen LogP contribution >= 0.6 is 23.2 Å². The van der Waals surface area contributed by atoms with Gasteiger partial charge in [-0.2, -0.15) is 0 Å². The van der Waals surface area contributed by atoms with Crippen LogP contribution in [0.4, 0.5) is 0 Å². The lowest BCUT2D eigenvalue weighted by Crippen LogP contribution is -2.65. The van der Waals surface area contributed by atoms with Gasteiger partial charge in [0.1, 0.15) is 0 Å². The van der Waals surface area contributed by atoms with E-state index in [9.17, 15) is 4.79 Å². The van der Waals surface area contributed by atoms with Gasteiger partial charge in [-0.25, -0.2) is 0 Å². The predicted molar refractivity (Wildman–Crippen MR) is 110 cm³/mol. The van der Waals surface area contributed by atoms with Crippen LogP contribution in [-0.4, -0.2) is 29.9 Å². The molecule has 27 heavy (non-hydrogen) atoms. The SMILES string of the molecule is CC(=O)c1c(Cl)ccc(C[C@@H](Cl)B2OC3CC4CC(C4(C)C)[C@]3(C)O2)c1C. The van der Waals surface area contributed by atoms with Gasteiger partial charge in [0, 0.05) is 5.56 Å². The molecule has 0 spiro atoms. The van der Waals surface area contributed by atoms with E-state index in [1.165, 1.54) is 6.42 Å². The summed E-state index contributed by atoms with van der Waals surface area (Å²) in [6, 6.07) is 3.72. The molecule has 5 rings (SSSR count). The van der Waals surface area contributed by atoms with Crippen molar-refractivity contribution in [1.29, 1.82) is 0 Å².